The summed E-state index contributed by atoms with van der Waals surface area (Å²) in [7, 11) is 0. The Morgan fingerprint density at radius 3 is 2.79 bits per heavy atom. The van der Waals surface area contributed by atoms with Gasteiger partial charge in [-0.15, -0.1) is 5.10 Å². The van der Waals surface area contributed by atoms with Crippen LogP contribution in [0.2, 0.25) is 0 Å². The molecule has 1 aliphatic carbocycles. The van der Waals surface area contributed by atoms with Gasteiger partial charge in [0, 0.05) is 6.54 Å². The van der Waals surface area contributed by atoms with Crippen LogP contribution in [0, 0.1) is 17.8 Å². The number of hydrogen-bond acceptors (Lipinski definition) is 3. The van der Waals surface area contributed by atoms with Crippen molar-refractivity contribution >= 4 is 0 Å². The van der Waals surface area contributed by atoms with E-state index in [1.807, 2.05) is 0 Å². The summed E-state index contributed by atoms with van der Waals surface area (Å²) in [5.74, 6) is 2.33. The number of nitrogens with one attached hydrogen (secondary N) is 1. The highest BCUT2D eigenvalue weighted by molar-refractivity contribution is 4.94. The van der Waals surface area contributed by atoms with Crippen molar-refractivity contribution in [3.05, 3.63) is 11.9 Å². The molecule has 19 heavy (non-hydrogen) atoms. The largest absolute Gasteiger partial charge is 0.311 e. The van der Waals surface area contributed by atoms with Crippen LogP contribution >= 0.6 is 0 Å². The van der Waals surface area contributed by atoms with Gasteiger partial charge >= 0.3 is 0 Å². The molecule has 1 heterocycles. The maximum Gasteiger partial charge on any atom is 0.0964 e. The van der Waals surface area contributed by atoms with Crippen molar-refractivity contribution in [3.8, 4) is 0 Å². The van der Waals surface area contributed by atoms with E-state index < -0.39 is 0 Å². The van der Waals surface area contributed by atoms with E-state index in [2.05, 4.69) is 54.2 Å². The van der Waals surface area contributed by atoms with Crippen molar-refractivity contribution in [2.75, 3.05) is 6.54 Å². The highest BCUT2D eigenvalue weighted by atomic mass is 15.4. The third-order valence-electron chi connectivity index (χ3n) is 4.36. The SMILES string of the molecule is CC(C)CNCc1cn(C2CCC(C)C(C)C2)nn1. The monoisotopic (exact) mass is 264 g/mol. The Labute approximate surface area is 117 Å². The Morgan fingerprint density at radius 2 is 2.11 bits per heavy atom. The fourth-order valence-electron chi connectivity index (χ4n) is 2.82. The molecule has 0 aliphatic heterocycles. The number of nitrogens with zero attached hydrogens (tertiary/aromatic N) is 3. The number of hydrogen-bond donors (Lipinski definition) is 1. The second-order valence-corrected chi connectivity index (χ2v) is 6.64. The van der Waals surface area contributed by atoms with E-state index in [1.165, 1.54) is 19.3 Å². The first-order chi connectivity index (χ1) is 9.06. The van der Waals surface area contributed by atoms with E-state index in [0.717, 1.165) is 30.6 Å². The van der Waals surface area contributed by atoms with Gasteiger partial charge in [0.25, 0.3) is 0 Å². The zero-order chi connectivity index (χ0) is 13.8. The van der Waals surface area contributed by atoms with E-state index in [9.17, 15) is 0 Å². The first kappa shape index (κ1) is 14.5. The average molecular weight is 264 g/mol. The predicted molar refractivity (Wildman–Crippen MR) is 77.8 cm³/mol. The average Bonchev–Trinajstić information content (AvgIpc) is 2.81. The van der Waals surface area contributed by atoms with Crippen LogP contribution in [0.5, 0.6) is 0 Å². The van der Waals surface area contributed by atoms with Crippen LogP contribution in [0.25, 0.3) is 0 Å². The zero-order valence-electron chi connectivity index (χ0n) is 12.8. The summed E-state index contributed by atoms with van der Waals surface area (Å²) in [5, 5.41) is 12.0. The lowest BCUT2D eigenvalue weighted by atomic mass is 9.79. The molecule has 4 nitrogen and oxygen atoms in total. The number of rotatable bonds is 5. The Morgan fingerprint density at radius 1 is 1.32 bits per heavy atom. The van der Waals surface area contributed by atoms with Gasteiger partial charge < -0.3 is 5.32 Å². The molecule has 0 radical (unpaired) electrons. The van der Waals surface area contributed by atoms with Crippen LogP contribution in [0.1, 0.15) is 58.7 Å². The second-order valence-electron chi connectivity index (χ2n) is 6.64. The molecule has 3 unspecified atom stereocenters. The van der Waals surface area contributed by atoms with Gasteiger partial charge in [0.05, 0.1) is 17.9 Å². The van der Waals surface area contributed by atoms with Gasteiger partial charge in [-0.25, -0.2) is 4.68 Å². The van der Waals surface area contributed by atoms with Gasteiger partial charge in [-0.2, -0.15) is 0 Å². The van der Waals surface area contributed by atoms with E-state index in [-0.39, 0.29) is 0 Å². The van der Waals surface area contributed by atoms with Gasteiger partial charge in [-0.05, 0) is 43.6 Å². The molecular weight excluding hydrogens is 236 g/mol. The minimum atomic E-state index is 0.553. The van der Waals surface area contributed by atoms with Crippen LogP contribution in [-0.4, -0.2) is 21.5 Å². The summed E-state index contributed by atoms with van der Waals surface area (Å²) in [4.78, 5) is 0. The predicted octanol–water partition coefficient (Wildman–Crippen LogP) is 3.02. The smallest absolute Gasteiger partial charge is 0.0964 e. The minimum Gasteiger partial charge on any atom is -0.311 e. The Bertz CT molecular complexity index is 385. The molecule has 0 saturated heterocycles. The highest BCUT2D eigenvalue weighted by Gasteiger charge is 2.26. The molecule has 0 bridgehead atoms. The minimum absolute atomic E-state index is 0.553. The molecule has 3 atom stereocenters. The molecule has 108 valence electrons. The summed E-state index contributed by atoms with van der Waals surface area (Å²) in [6.45, 7) is 11.0. The lowest BCUT2D eigenvalue weighted by molar-refractivity contribution is 0.199. The summed E-state index contributed by atoms with van der Waals surface area (Å²) < 4.78 is 2.09. The zero-order valence-corrected chi connectivity index (χ0v) is 12.8. The van der Waals surface area contributed by atoms with Crippen LogP contribution < -0.4 is 5.32 Å². The highest BCUT2D eigenvalue weighted by Crippen LogP contribution is 2.35. The van der Waals surface area contributed by atoms with E-state index in [1.54, 1.807) is 0 Å². The molecule has 1 N–H and O–H groups in total. The van der Waals surface area contributed by atoms with Gasteiger partial charge in [0.1, 0.15) is 0 Å². The molecule has 1 aromatic heterocycles. The van der Waals surface area contributed by atoms with Crippen molar-refractivity contribution in [3.63, 3.8) is 0 Å². The normalized spacial score (nSPS) is 27.9. The Hall–Kier alpha value is -0.900. The molecule has 0 spiro atoms. The lowest BCUT2D eigenvalue weighted by Crippen LogP contribution is -2.23. The maximum atomic E-state index is 4.32. The van der Waals surface area contributed by atoms with E-state index in [4.69, 9.17) is 0 Å². The first-order valence-corrected chi connectivity index (χ1v) is 7.67. The topological polar surface area (TPSA) is 42.7 Å². The van der Waals surface area contributed by atoms with Gasteiger partial charge in [0.2, 0.25) is 0 Å². The molecule has 1 fully saturated rings. The summed E-state index contributed by atoms with van der Waals surface area (Å²) in [6.07, 6.45) is 5.92. The fraction of sp³-hybridized carbons (Fsp3) is 0.867. The summed E-state index contributed by atoms with van der Waals surface area (Å²) in [5.41, 5.74) is 1.06. The molecule has 1 saturated carbocycles. The van der Waals surface area contributed by atoms with E-state index >= 15 is 0 Å². The summed E-state index contributed by atoms with van der Waals surface area (Å²) in [6, 6.07) is 0.553. The van der Waals surface area contributed by atoms with Gasteiger partial charge in [-0.1, -0.05) is 32.9 Å². The first-order valence-electron chi connectivity index (χ1n) is 7.67. The van der Waals surface area contributed by atoms with Crippen molar-refractivity contribution in [2.24, 2.45) is 17.8 Å². The molecule has 2 rings (SSSR count). The third-order valence-corrected chi connectivity index (χ3v) is 4.36. The Kier molecular flexibility index (Phi) is 4.97. The van der Waals surface area contributed by atoms with Crippen LogP contribution in [0.3, 0.4) is 0 Å². The summed E-state index contributed by atoms with van der Waals surface area (Å²) >= 11 is 0. The quantitative estimate of drug-likeness (QED) is 0.889. The third kappa shape index (κ3) is 4.03. The standard InChI is InChI=1S/C15H28N4/c1-11(2)8-16-9-14-10-19(18-17-14)15-6-5-12(3)13(4)7-15/h10-13,15-16H,5-9H2,1-4H3. The number of aromatic nitrogens is 3. The van der Waals surface area contributed by atoms with Crippen molar-refractivity contribution < 1.29 is 0 Å². The van der Waals surface area contributed by atoms with E-state index in [0.29, 0.717) is 12.0 Å². The van der Waals surface area contributed by atoms with Crippen molar-refractivity contribution in [2.45, 2.75) is 59.5 Å². The maximum absolute atomic E-state index is 4.32. The van der Waals surface area contributed by atoms with Crippen LogP contribution in [0.4, 0.5) is 0 Å². The molecule has 0 aromatic carbocycles. The molecule has 1 aliphatic rings. The fourth-order valence-corrected chi connectivity index (χ4v) is 2.82. The second kappa shape index (κ2) is 6.51. The lowest BCUT2D eigenvalue weighted by Gasteiger charge is -2.31. The molecule has 1 aromatic rings. The van der Waals surface area contributed by atoms with Crippen molar-refractivity contribution in [1.82, 2.24) is 20.3 Å². The molecular formula is C15H28N4. The van der Waals surface area contributed by atoms with Gasteiger partial charge in [0.15, 0.2) is 0 Å². The van der Waals surface area contributed by atoms with Crippen LogP contribution in [-0.2, 0) is 6.54 Å². The van der Waals surface area contributed by atoms with Crippen LogP contribution in [0.15, 0.2) is 6.20 Å². The Balaban J connectivity index is 1.86. The molecule has 0 amide bonds. The van der Waals surface area contributed by atoms with Gasteiger partial charge in [-0.3, -0.25) is 0 Å². The van der Waals surface area contributed by atoms with Crippen molar-refractivity contribution in [1.29, 1.82) is 0 Å². The molecule has 4 heteroatoms.